The van der Waals surface area contributed by atoms with E-state index in [1.807, 2.05) is 0 Å². The van der Waals surface area contributed by atoms with E-state index >= 15 is 0 Å². The van der Waals surface area contributed by atoms with E-state index in [2.05, 4.69) is 19.2 Å². The summed E-state index contributed by atoms with van der Waals surface area (Å²) in [6.07, 6.45) is 8.47. The number of rotatable bonds is 6. The average Bonchev–Trinajstić information content (AvgIpc) is 2.94. The first-order valence-electron chi connectivity index (χ1n) is 6.55. The van der Waals surface area contributed by atoms with E-state index in [0.717, 1.165) is 19.1 Å². The molecule has 1 saturated carbocycles. The summed E-state index contributed by atoms with van der Waals surface area (Å²) in [5.74, 6) is 0.931. The topological polar surface area (TPSA) is 21.3 Å². The van der Waals surface area contributed by atoms with Gasteiger partial charge in [-0.05, 0) is 64.8 Å². The molecule has 2 nitrogen and oxygen atoms in total. The molecule has 1 saturated heterocycles. The molecule has 0 bridgehead atoms. The Morgan fingerprint density at radius 3 is 2.67 bits per heavy atom. The van der Waals surface area contributed by atoms with Gasteiger partial charge in [0.2, 0.25) is 0 Å². The zero-order chi connectivity index (χ0) is 10.7. The summed E-state index contributed by atoms with van der Waals surface area (Å²) in [6.45, 7) is 6.84. The zero-order valence-corrected chi connectivity index (χ0v) is 10.2. The van der Waals surface area contributed by atoms with Gasteiger partial charge in [-0.1, -0.05) is 0 Å². The lowest BCUT2D eigenvalue weighted by molar-refractivity contribution is 0.102. The molecule has 1 aliphatic heterocycles. The first kappa shape index (κ1) is 11.4. The summed E-state index contributed by atoms with van der Waals surface area (Å²) in [5, 5.41) is 3.69. The number of ether oxygens (including phenoxy) is 1. The minimum atomic E-state index is 0.372. The van der Waals surface area contributed by atoms with E-state index in [4.69, 9.17) is 4.74 Å². The van der Waals surface area contributed by atoms with Gasteiger partial charge >= 0.3 is 0 Å². The van der Waals surface area contributed by atoms with Gasteiger partial charge in [-0.3, -0.25) is 0 Å². The lowest BCUT2D eigenvalue weighted by Gasteiger charge is -2.26. The highest BCUT2D eigenvalue weighted by Gasteiger charge is 2.36. The third kappa shape index (κ3) is 3.46. The molecule has 0 aromatic rings. The molecule has 1 unspecified atom stereocenters. The van der Waals surface area contributed by atoms with Crippen molar-refractivity contribution in [1.82, 2.24) is 5.32 Å². The molecule has 0 aromatic carbocycles. The molecule has 0 spiro atoms. The molecule has 0 amide bonds. The van der Waals surface area contributed by atoms with Crippen LogP contribution in [0.5, 0.6) is 0 Å². The van der Waals surface area contributed by atoms with Crippen molar-refractivity contribution in [2.75, 3.05) is 13.2 Å². The van der Waals surface area contributed by atoms with Gasteiger partial charge in [0.25, 0.3) is 0 Å². The Morgan fingerprint density at radius 2 is 2.07 bits per heavy atom. The Balaban J connectivity index is 1.54. The van der Waals surface area contributed by atoms with Crippen molar-refractivity contribution in [1.29, 1.82) is 0 Å². The molecule has 0 radical (unpaired) electrons. The van der Waals surface area contributed by atoms with Crippen molar-refractivity contribution in [3.63, 3.8) is 0 Å². The lowest BCUT2D eigenvalue weighted by Crippen LogP contribution is -2.41. The molecule has 88 valence electrons. The maximum Gasteiger partial charge on any atom is 0.0576 e. The van der Waals surface area contributed by atoms with Crippen LogP contribution in [0.25, 0.3) is 0 Å². The van der Waals surface area contributed by atoms with Gasteiger partial charge in [-0.2, -0.15) is 0 Å². The second kappa shape index (κ2) is 4.84. The smallest absolute Gasteiger partial charge is 0.0576 e. The Labute approximate surface area is 93.8 Å². The Hall–Kier alpha value is -0.0800. The minimum Gasteiger partial charge on any atom is -0.378 e. The van der Waals surface area contributed by atoms with Gasteiger partial charge in [0.15, 0.2) is 0 Å². The van der Waals surface area contributed by atoms with Crippen LogP contribution in [0.3, 0.4) is 0 Å². The van der Waals surface area contributed by atoms with Crippen LogP contribution in [0.15, 0.2) is 0 Å². The fourth-order valence-corrected chi connectivity index (χ4v) is 2.56. The maximum absolute atomic E-state index is 5.62. The van der Waals surface area contributed by atoms with Crippen molar-refractivity contribution in [3.8, 4) is 0 Å². The Bertz CT molecular complexity index is 193. The predicted molar refractivity (Wildman–Crippen MR) is 63.0 cm³/mol. The van der Waals surface area contributed by atoms with Crippen LogP contribution in [0.2, 0.25) is 0 Å². The quantitative estimate of drug-likeness (QED) is 0.682. The van der Waals surface area contributed by atoms with Gasteiger partial charge < -0.3 is 10.1 Å². The molecular weight excluding hydrogens is 186 g/mol. The van der Waals surface area contributed by atoms with Crippen molar-refractivity contribution >= 4 is 0 Å². The van der Waals surface area contributed by atoms with E-state index in [-0.39, 0.29) is 0 Å². The van der Waals surface area contributed by atoms with Crippen LogP contribution in [0.1, 0.15) is 52.4 Å². The van der Waals surface area contributed by atoms with Gasteiger partial charge in [0, 0.05) is 12.1 Å². The molecule has 1 aliphatic carbocycles. The molecular formula is C13H25NO. The van der Waals surface area contributed by atoms with Crippen molar-refractivity contribution < 1.29 is 4.74 Å². The summed E-state index contributed by atoms with van der Waals surface area (Å²) in [4.78, 5) is 0. The van der Waals surface area contributed by atoms with Crippen molar-refractivity contribution in [2.45, 2.75) is 64.0 Å². The largest absolute Gasteiger partial charge is 0.378 e. The van der Waals surface area contributed by atoms with E-state index in [9.17, 15) is 0 Å². The van der Waals surface area contributed by atoms with Crippen LogP contribution >= 0.6 is 0 Å². The number of nitrogens with one attached hydrogen (secondary N) is 1. The summed E-state index contributed by atoms with van der Waals surface area (Å²) < 4.78 is 5.62. The summed E-state index contributed by atoms with van der Waals surface area (Å²) in [7, 11) is 0. The SMILES string of the molecule is CC(C)(NCCCC1CCCO1)C1CC1. The standard InChI is InChI=1S/C13H25NO/c1-13(2,11-7-8-11)14-9-3-5-12-6-4-10-15-12/h11-12,14H,3-10H2,1-2H3. The second-order valence-electron chi connectivity index (χ2n) is 5.70. The van der Waals surface area contributed by atoms with Gasteiger partial charge in [-0.25, -0.2) is 0 Å². The highest BCUT2D eigenvalue weighted by Crippen LogP contribution is 2.39. The Kier molecular flexibility index (Phi) is 3.68. The number of hydrogen-bond acceptors (Lipinski definition) is 2. The molecule has 0 aromatic heterocycles. The van der Waals surface area contributed by atoms with Crippen LogP contribution in [0, 0.1) is 5.92 Å². The summed E-state index contributed by atoms with van der Waals surface area (Å²) in [6, 6.07) is 0. The van der Waals surface area contributed by atoms with Gasteiger partial charge in [0.1, 0.15) is 0 Å². The van der Waals surface area contributed by atoms with E-state index in [1.165, 1.54) is 38.5 Å². The first-order valence-corrected chi connectivity index (χ1v) is 6.55. The fourth-order valence-electron chi connectivity index (χ4n) is 2.56. The molecule has 1 N–H and O–H groups in total. The van der Waals surface area contributed by atoms with Crippen LogP contribution in [-0.2, 0) is 4.74 Å². The second-order valence-corrected chi connectivity index (χ2v) is 5.70. The monoisotopic (exact) mass is 211 g/mol. The third-order valence-electron chi connectivity index (χ3n) is 3.91. The molecule has 2 aliphatic rings. The van der Waals surface area contributed by atoms with E-state index in [1.54, 1.807) is 0 Å². The molecule has 15 heavy (non-hydrogen) atoms. The molecule has 1 heterocycles. The molecule has 2 fully saturated rings. The van der Waals surface area contributed by atoms with Gasteiger partial charge in [-0.15, -0.1) is 0 Å². The van der Waals surface area contributed by atoms with E-state index < -0.39 is 0 Å². The average molecular weight is 211 g/mol. The fraction of sp³-hybridized carbons (Fsp3) is 1.00. The Morgan fingerprint density at radius 1 is 1.27 bits per heavy atom. The molecule has 1 atom stereocenters. The highest BCUT2D eigenvalue weighted by molar-refractivity contribution is 4.94. The highest BCUT2D eigenvalue weighted by atomic mass is 16.5. The van der Waals surface area contributed by atoms with Crippen LogP contribution < -0.4 is 5.32 Å². The van der Waals surface area contributed by atoms with Gasteiger partial charge in [0.05, 0.1) is 6.10 Å². The summed E-state index contributed by atoms with van der Waals surface area (Å²) in [5.41, 5.74) is 0.372. The van der Waals surface area contributed by atoms with E-state index in [0.29, 0.717) is 11.6 Å². The third-order valence-corrected chi connectivity index (χ3v) is 3.91. The normalized spacial score (nSPS) is 27.2. The lowest BCUT2D eigenvalue weighted by atomic mass is 9.98. The van der Waals surface area contributed by atoms with Crippen LogP contribution in [-0.4, -0.2) is 24.8 Å². The minimum absolute atomic E-state index is 0.372. The number of hydrogen-bond donors (Lipinski definition) is 1. The summed E-state index contributed by atoms with van der Waals surface area (Å²) >= 11 is 0. The maximum atomic E-state index is 5.62. The zero-order valence-electron chi connectivity index (χ0n) is 10.2. The molecule has 2 heteroatoms. The predicted octanol–water partition coefficient (Wildman–Crippen LogP) is 2.72. The van der Waals surface area contributed by atoms with Crippen molar-refractivity contribution in [2.24, 2.45) is 5.92 Å². The van der Waals surface area contributed by atoms with Crippen LogP contribution in [0.4, 0.5) is 0 Å². The van der Waals surface area contributed by atoms with Crippen molar-refractivity contribution in [3.05, 3.63) is 0 Å². The first-order chi connectivity index (χ1) is 7.18. The molecule has 2 rings (SSSR count).